The van der Waals surface area contributed by atoms with E-state index in [9.17, 15) is 14.4 Å². The number of hydrogen-bond donors (Lipinski definition) is 1. The predicted molar refractivity (Wildman–Crippen MR) is 105 cm³/mol. The summed E-state index contributed by atoms with van der Waals surface area (Å²) in [5.41, 5.74) is 2.53. The van der Waals surface area contributed by atoms with Gasteiger partial charge in [0, 0.05) is 10.9 Å². The molecule has 0 aliphatic carbocycles. The van der Waals surface area contributed by atoms with Gasteiger partial charge in [0.2, 0.25) is 0 Å². The van der Waals surface area contributed by atoms with Gasteiger partial charge in [0.15, 0.2) is 0 Å². The number of hydrogen-bond acceptors (Lipinski definition) is 5. The summed E-state index contributed by atoms with van der Waals surface area (Å²) in [6.45, 7) is 6.85. The molecule has 3 amide bonds. The Kier molecular flexibility index (Phi) is 5.30. The molecule has 1 saturated heterocycles. The quantitative estimate of drug-likeness (QED) is 0.470. The van der Waals surface area contributed by atoms with Crippen molar-refractivity contribution in [1.29, 1.82) is 0 Å². The van der Waals surface area contributed by atoms with Crippen molar-refractivity contribution in [2.45, 2.75) is 46.3 Å². The van der Waals surface area contributed by atoms with Gasteiger partial charge in [-0.25, -0.2) is 9.78 Å². The van der Waals surface area contributed by atoms with E-state index in [2.05, 4.69) is 10.3 Å². The van der Waals surface area contributed by atoms with Crippen LogP contribution in [0.15, 0.2) is 18.2 Å². The number of carbonyl (C=O) groups is 3. The number of nitrogens with one attached hydrogen (secondary N) is 1. The summed E-state index contributed by atoms with van der Waals surface area (Å²) in [6.07, 6.45) is 0.431. The van der Waals surface area contributed by atoms with E-state index in [-0.39, 0.29) is 11.8 Å². The molecular weight excluding hydrogens is 382 g/mol. The van der Waals surface area contributed by atoms with Gasteiger partial charge >= 0.3 is 12.0 Å². The number of fused-ring (bicyclic) bond motifs is 1. The lowest BCUT2D eigenvalue weighted by atomic mass is 9.99. The fourth-order valence-electron chi connectivity index (χ4n) is 3.07. The van der Waals surface area contributed by atoms with Crippen molar-refractivity contribution in [2.75, 3.05) is 6.54 Å². The SMILES string of the molecule is CC[C@]1(C)NC(=O)N(CC(=O)OCc2cc3ccc(C)c(C)c3nc2Cl)C1=O. The number of carbonyl (C=O) groups excluding carboxylic acids is 3. The Hall–Kier alpha value is -2.67. The highest BCUT2D eigenvalue weighted by Gasteiger charge is 2.47. The molecule has 1 atom stereocenters. The zero-order chi connectivity index (χ0) is 20.6. The van der Waals surface area contributed by atoms with Crippen molar-refractivity contribution in [3.8, 4) is 0 Å². The summed E-state index contributed by atoms with van der Waals surface area (Å²) in [5.74, 6) is -1.13. The number of pyridine rings is 1. The van der Waals surface area contributed by atoms with Crippen molar-refractivity contribution < 1.29 is 19.1 Å². The van der Waals surface area contributed by atoms with Crippen molar-refractivity contribution in [1.82, 2.24) is 15.2 Å². The molecule has 0 bridgehead atoms. The van der Waals surface area contributed by atoms with Gasteiger partial charge in [-0.3, -0.25) is 14.5 Å². The fourth-order valence-corrected chi connectivity index (χ4v) is 3.26. The molecule has 28 heavy (non-hydrogen) atoms. The summed E-state index contributed by atoms with van der Waals surface area (Å²) >= 11 is 6.25. The molecule has 0 unspecified atom stereocenters. The van der Waals surface area contributed by atoms with Gasteiger partial charge in [0.05, 0.1) is 5.52 Å². The highest BCUT2D eigenvalue weighted by atomic mass is 35.5. The lowest BCUT2D eigenvalue weighted by molar-refractivity contribution is -0.148. The largest absolute Gasteiger partial charge is 0.459 e. The molecule has 0 spiro atoms. The van der Waals surface area contributed by atoms with Crippen LogP contribution >= 0.6 is 11.6 Å². The van der Waals surface area contributed by atoms with E-state index in [0.717, 1.165) is 26.9 Å². The minimum Gasteiger partial charge on any atom is -0.459 e. The Bertz CT molecular complexity index is 991. The van der Waals surface area contributed by atoms with Gasteiger partial charge < -0.3 is 10.1 Å². The monoisotopic (exact) mass is 403 g/mol. The van der Waals surface area contributed by atoms with E-state index in [0.29, 0.717) is 12.0 Å². The number of aryl methyl sites for hydroxylation is 2. The Balaban J connectivity index is 1.70. The average molecular weight is 404 g/mol. The topological polar surface area (TPSA) is 88.6 Å². The summed E-state index contributed by atoms with van der Waals surface area (Å²) in [6, 6.07) is 5.16. The van der Waals surface area contributed by atoms with Crippen molar-refractivity contribution >= 4 is 40.4 Å². The Morgan fingerprint density at radius 3 is 2.68 bits per heavy atom. The van der Waals surface area contributed by atoms with Crippen LogP contribution in [0.2, 0.25) is 5.15 Å². The van der Waals surface area contributed by atoms with Gasteiger partial charge in [-0.1, -0.05) is 30.7 Å². The van der Waals surface area contributed by atoms with E-state index in [1.807, 2.05) is 32.0 Å². The van der Waals surface area contributed by atoms with Crippen molar-refractivity contribution in [3.05, 3.63) is 40.0 Å². The summed E-state index contributed by atoms with van der Waals surface area (Å²) in [4.78, 5) is 41.8. The molecule has 148 valence electrons. The van der Waals surface area contributed by atoms with Crippen LogP contribution in [0.5, 0.6) is 0 Å². The molecule has 7 nitrogen and oxygen atoms in total. The Morgan fingerprint density at radius 1 is 1.32 bits per heavy atom. The van der Waals surface area contributed by atoms with Crippen molar-refractivity contribution in [2.24, 2.45) is 0 Å². The number of urea groups is 1. The summed E-state index contributed by atoms with van der Waals surface area (Å²) in [5, 5.41) is 3.74. The average Bonchev–Trinajstić information content (AvgIpc) is 2.87. The molecule has 3 rings (SSSR count). The molecule has 2 heterocycles. The minimum absolute atomic E-state index is 0.0950. The molecule has 1 fully saturated rings. The molecule has 8 heteroatoms. The number of amides is 3. The fraction of sp³-hybridized carbons (Fsp3) is 0.400. The van der Waals surface area contributed by atoms with Crippen LogP contribution < -0.4 is 5.32 Å². The van der Waals surface area contributed by atoms with Crippen LogP contribution in [0.25, 0.3) is 10.9 Å². The van der Waals surface area contributed by atoms with E-state index >= 15 is 0 Å². The molecule has 1 aliphatic rings. The number of aromatic nitrogens is 1. The molecule has 0 radical (unpaired) electrons. The first kappa shape index (κ1) is 20.1. The molecule has 2 aromatic rings. The third-order valence-corrected chi connectivity index (χ3v) is 5.59. The first-order valence-corrected chi connectivity index (χ1v) is 9.39. The molecule has 1 aromatic heterocycles. The standard InChI is InChI=1S/C20H22ClN3O4/c1-5-20(4)18(26)24(19(27)23-20)9-15(25)28-10-14-8-13-7-6-11(2)12(3)16(13)22-17(14)21/h6-8H,5,9-10H2,1-4H3,(H,23,27)/t20-/m0/s1. The Morgan fingerprint density at radius 2 is 2.04 bits per heavy atom. The van der Waals surface area contributed by atoms with Crippen LogP contribution in [-0.2, 0) is 20.9 Å². The highest BCUT2D eigenvalue weighted by molar-refractivity contribution is 6.30. The minimum atomic E-state index is -0.987. The number of benzene rings is 1. The molecule has 0 saturated carbocycles. The molecule has 1 aliphatic heterocycles. The first-order chi connectivity index (χ1) is 13.2. The van der Waals surface area contributed by atoms with Gasteiger partial charge in [-0.2, -0.15) is 0 Å². The maximum Gasteiger partial charge on any atom is 0.326 e. The zero-order valence-corrected chi connectivity index (χ0v) is 17.0. The summed E-state index contributed by atoms with van der Waals surface area (Å²) in [7, 11) is 0. The van der Waals surface area contributed by atoms with Gasteiger partial charge in [0.1, 0.15) is 23.8 Å². The maximum absolute atomic E-state index is 12.3. The smallest absolute Gasteiger partial charge is 0.326 e. The predicted octanol–water partition coefficient (Wildman–Crippen LogP) is 3.27. The van der Waals surface area contributed by atoms with Crippen LogP contribution in [0.1, 0.15) is 37.0 Å². The summed E-state index contributed by atoms with van der Waals surface area (Å²) < 4.78 is 5.23. The lowest BCUT2D eigenvalue weighted by Gasteiger charge is -2.18. The second kappa shape index (κ2) is 7.39. The first-order valence-electron chi connectivity index (χ1n) is 9.01. The van der Waals surface area contributed by atoms with Crippen LogP contribution in [0.4, 0.5) is 4.79 Å². The van der Waals surface area contributed by atoms with E-state index in [4.69, 9.17) is 16.3 Å². The van der Waals surface area contributed by atoms with E-state index < -0.39 is 30.0 Å². The molecule has 1 aromatic carbocycles. The van der Waals surface area contributed by atoms with Gasteiger partial charge in [0.25, 0.3) is 5.91 Å². The van der Waals surface area contributed by atoms with E-state index in [1.54, 1.807) is 13.8 Å². The number of rotatable bonds is 5. The Labute approximate surface area is 168 Å². The number of imide groups is 1. The second-order valence-electron chi connectivity index (χ2n) is 7.19. The third-order valence-electron chi connectivity index (χ3n) is 5.27. The van der Waals surface area contributed by atoms with Crippen LogP contribution in [-0.4, -0.2) is 39.9 Å². The van der Waals surface area contributed by atoms with E-state index in [1.165, 1.54) is 0 Å². The van der Waals surface area contributed by atoms with Crippen molar-refractivity contribution in [3.63, 3.8) is 0 Å². The van der Waals surface area contributed by atoms with Gasteiger partial charge in [-0.15, -0.1) is 0 Å². The van der Waals surface area contributed by atoms with Crippen LogP contribution in [0.3, 0.4) is 0 Å². The maximum atomic E-state index is 12.3. The van der Waals surface area contributed by atoms with Crippen LogP contribution in [0, 0.1) is 13.8 Å². The highest BCUT2D eigenvalue weighted by Crippen LogP contribution is 2.25. The molecule has 1 N–H and O–H groups in total. The zero-order valence-electron chi connectivity index (χ0n) is 16.3. The number of ether oxygens (including phenoxy) is 1. The number of halogens is 1. The number of nitrogens with zero attached hydrogens (tertiary/aromatic N) is 2. The third kappa shape index (κ3) is 3.54. The normalized spacial score (nSPS) is 19.2. The molecular formula is C20H22ClN3O4. The lowest BCUT2D eigenvalue weighted by Crippen LogP contribution is -2.43. The van der Waals surface area contributed by atoms with Gasteiger partial charge in [-0.05, 0) is 44.4 Å². The number of esters is 1. The second-order valence-corrected chi connectivity index (χ2v) is 7.54.